The van der Waals surface area contributed by atoms with E-state index in [4.69, 9.17) is 4.98 Å². The molecular formula is C20H23N3OS3. The highest BCUT2D eigenvalue weighted by Gasteiger charge is 2.29. The molecule has 142 valence electrons. The molecule has 2 aromatic heterocycles. The molecule has 0 N–H and O–H groups in total. The summed E-state index contributed by atoms with van der Waals surface area (Å²) < 4.78 is 1.21. The Morgan fingerprint density at radius 3 is 3.00 bits per heavy atom. The van der Waals surface area contributed by atoms with Gasteiger partial charge in [-0.15, -0.1) is 22.7 Å². The number of hydrogen-bond acceptors (Lipinski definition) is 6. The summed E-state index contributed by atoms with van der Waals surface area (Å²) >= 11 is 5.22. The van der Waals surface area contributed by atoms with E-state index in [1.54, 1.807) is 34.4 Å². The average Bonchev–Trinajstić information content (AvgIpc) is 3.31. The maximum Gasteiger partial charge on any atom is 0.223 e. The second-order valence-electron chi connectivity index (χ2n) is 6.78. The Morgan fingerprint density at radius 1 is 1.30 bits per heavy atom. The molecule has 3 heterocycles. The van der Waals surface area contributed by atoms with E-state index in [1.807, 2.05) is 13.0 Å². The second kappa shape index (κ2) is 8.71. The first kappa shape index (κ1) is 18.9. The van der Waals surface area contributed by atoms with E-state index >= 15 is 0 Å². The predicted octanol–water partition coefficient (Wildman–Crippen LogP) is 5.44. The van der Waals surface area contributed by atoms with Crippen LogP contribution >= 0.6 is 34.4 Å². The van der Waals surface area contributed by atoms with Crippen LogP contribution in [-0.2, 0) is 10.5 Å². The van der Waals surface area contributed by atoms with Crippen LogP contribution in [0.1, 0.15) is 47.4 Å². The number of piperidine rings is 1. The summed E-state index contributed by atoms with van der Waals surface area (Å²) in [6.07, 6.45) is 3.88. The van der Waals surface area contributed by atoms with Gasteiger partial charge in [-0.25, -0.2) is 9.97 Å². The Kier molecular flexibility index (Phi) is 6.10. The number of amides is 1. The number of rotatable bonds is 6. The average molecular weight is 418 g/mol. The monoisotopic (exact) mass is 417 g/mol. The summed E-state index contributed by atoms with van der Waals surface area (Å²) in [5, 5.41) is 4.31. The third-order valence-electron chi connectivity index (χ3n) is 4.80. The van der Waals surface area contributed by atoms with Gasteiger partial charge in [-0.05, 0) is 38.3 Å². The van der Waals surface area contributed by atoms with Crippen LogP contribution in [0.2, 0.25) is 0 Å². The van der Waals surface area contributed by atoms with Gasteiger partial charge in [0.2, 0.25) is 5.91 Å². The number of aromatic nitrogens is 2. The lowest BCUT2D eigenvalue weighted by Gasteiger charge is -2.34. The molecule has 7 heteroatoms. The number of nitrogens with zero attached hydrogens (tertiary/aromatic N) is 3. The SMILES string of the molecule is Cc1nc(CSCCC(=O)N2CCCC[C@@H]2c2nc3ccccc3s2)cs1. The molecule has 0 bridgehead atoms. The minimum atomic E-state index is 0.148. The number of carbonyl (C=O) groups excluding carboxylic acids is 1. The van der Waals surface area contributed by atoms with Crippen LogP contribution in [0.25, 0.3) is 10.2 Å². The summed E-state index contributed by atoms with van der Waals surface area (Å²) in [6, 6.07) is 8.39. The maximum absolute atomic E-state index is 12.9. The van der Waals surface area contributed by atoms with E-state index < -0.39 is 0 Å². The Balaban J connectivity index is 1.37. The standard InChI is InChI=1S/C20H23N3OS3/c1-14-21-15(13-26-14)12-25-11-9-19(24)23-10-5-4-7-17(23)20-22-16-6-2-3-8-18(16)27-20/h2-3,6,8,13,17H,4-5,7,9-12H2,1H3/t17-/m1/s1. The highest BCUT2D eigenvalue weighted by molar-refractivity contribution is 7.98. The minimum absolute atomic E-state index is 0.148. The number of carbonyl (C=O) groups is 1. The fourth-order valence-corrected chi connectivity index (χ4v) is 6.13. The van der Waals surface area contributed by atoms with E-state index in [9.17, 15) is 4.79 Å². The Bertz CT molecular complexity index is 887. The number of thioether (sulfide) groups is 1. The second-order valence-corrected chi connectivity index (χ2v) is 10.0. The number of aryl methyl sites for hydroxylation is 1. The van der Waals surface area contributed by atoms with Crippen LogP contribution in [0.15, 0.2) is 29.6 Å². The first-order valence-corrected chi connectivity index (χ1v) is 12.2. The van der Waals surface area contributed by atoms with Gasteiger partial charge in [-0.2, -0.15) is 11.8 Å². The summed E-state index contributed by atoms with van der Waals surface area (Å²) in [7, 11) is 0. The van der Waals surface area contributed by atoms with Gasteiger partial charge < -0.3 is 4.90 Å². The van der Waals surface area contributed by atoms with Crippen molar-refractivity contribution in [3.8, 4) is 0 Å². The lowest BCUT2D eigenvalue weighted by Crippen LogP contribution is -2.38. The third kappa shape index (κ3) is 4.52. The number of likely N-dealkylation sites (tertiary alicyclic amines) is 1. The van der Waals surface area contributed by atoms with Crippen molar-refractivity contribution in [2.45, 2.75) is 44.4 Å². The van der Waals surface area contributed by atoms with Crippen molar-refractivity contribution in [1.29, 1.82) is 0 Å². The molecule has 0 radical (unpaired) electrons. The highest BCUT2D eigenvalue weighted by Crippen LogP contribution is 2.36. The zero-order chi connectivity index (χ0) is 18.6. The van der Waals surface area contributed by atoms with Crippen LogP contribution in [0.5, 0.6) is 0 Å². The van der Waals surface area contributed by atoms with E-state index in [2.05, 4.69) is 33.5 Å². The van der Waals surface area contributed by atoms with E-state index in [0.29, 0.717) is 6.42 Å². The first-order chi connectivity index (χ1) is 13.2. The molecule has 0 saturated carbocycles. The smallest absolute Gasteiger partial charge is 0.223 e. The Labute approximate surface area is 172 Å². The number of thiazole rings is 2. The summed E-state index contributed by atoms with van der Waals surface area (Å²) in [5.74, 6) is 2.00. The van der Waals surface area contributed by atoms with Gasteiger partial charge in [0.1, 0.15) is 5.01 Å². The van der Waals surface area contributed by atoms with Crippen molar-refractivity contribution in [2.75, 3.05) is 12.3 Å². The molecular weight excluding hydrogens is 394 g/mol. The molecule has 1 aromatic carbocycles. The molecule has 1 atom stereocenters. The molecule has 27 heavy (non-hydrogen) atoms. The molecule has 1 amide bonds. The van der Waals surface area contributed by atoms with Crippen molar-refractivity contribution < 1.29 is 4.79 Å². The fraction of sp³-hybridized carbons (Fsp3) is 0.450. The predicted molar refractivity (Wildman–Crippen MR) is 116 cm³/mol. The van der Waals surface area contributed by atoms with Crippen LogP contribution in [0, 0.1) is 6.92 Å². The van der Waals surface area contributed by atoms with Crippen LogP contribution < -0.4 is 0 Å². The molecule has 1 aliphatic heterocycles. The van der Waals surface area contributed by atoms with Gasteiger partial charge in [0, 0.05) is 29.9 Å². The van der Waals surface area contributed by atoms with Gasteiger partial charge in [0.25, 0.3) is 0 Å². The van der Waals surface area contributed by atoms with Gasteiger partial charge >= 0.3 is 0 Å². The molecule has 0 spiro atoms. The van der Waals surface area contributed by atoms with Gasteiger partial charge in [-0.3, -0.25) is 4.79 Å². The van der Waals surface area contributed by atoms with Gasteiger partial charge in [-0.1, -0.05) is 12.1 Å². The largest absolute Gasteiger partial charge is 0.333 e. The number of para-hydroxylation sites is 1. The molecule has 4 rings (SSSR count). The normalized spacial score (nSPS) is 17.5. The minimum Gasteiger partial charge on any atom is -0.333 e. The topological polar surface area (TPSA) is 46.1 Å². The molecule has 0 aliphatic carbocycles. The van der Waals surface area contributed by atoms with E-state index in [1.165, 1.54) is 11.1 Å². The Hall–Kier alpha value is -1.44. The number of benzene rings is 1. The molecule has 3 aromatic rings. The van der Waals surface area contributed by atoms with E-state index in [-0.39, 0.29) is 11.9 Å². The highest BCUT2D eigenvalue weighted by atomic mass is 32.2. The lowest BCUT2D eigenvalue weighted by atomic mass is 10.0. The van der Waals surface area contributed by atoms with Crippen LogP contribution in [-0.4, -0.2) is 33.1 Å². The number of hydrogen-bond donors (Lipinski definition) is 0. The maximum atomic E-state index is 12.9. The third-order valence-corrected chi connectivity index (χ3v) is 7.75. The number of fused-ring (bicyclic) bond motifs is 1. The molecule has 1 saturated heterocycles. The molecule has 0 unspecified atom stereocenters. The fourth-order valence-electron chi connectivity index (χ4n) is 3.47. The van der Waals surface area contributed by atoms with Gasteiger partial charge in [0.05, 0.1) is 27.0 Å². The van der Waals surface area contributed by atoms with E-state index in [0.717, 1.165) is 52.1 Å². The summed E-state index contributed by atoms with van der Waals surface area (Å²) in [5.41, 5.74) is 2.17. The van der Waals surface area contributed by atoms with Crippen LogP contribution in [0.3, 0.4) is 0 Å². The lowest BCUT2D eigenvalue weighted by molar-refractivity contribution is -0.134. The molecule has 1 fully saturated rings. The Morgan fingerprint density at radius 2 is 2.19 bits per heavy atom. The van der Waals surface area contributed by atoms with Crippen molar-refractivity contribution >= 4 is 50.6 Å². The van der Waals surface area contributed by atoms with Crippen molar-refractivity contribution in [3.05, 3.63) is 45.4 Å². The molecule has 4 nitrogen and oxygen atoms in total. The van der Waals surface area contributed by atoms with Crippen molar-refractivity contribution in [1.82, 2.24) is 14.9 Å². The summed E-state index contributed by atoms with van der Waals surface area (Å²) in [4.78, 5) is 24.3. The molecule has 1 aliphatic rings. The van der Waals surface area contributed by atoms with Crippen LogP contribution in [0.4, 0.5) is 0 Å². The van der Waals surface area contributed by atoms with Gasteiger partial charge in [0.15, 0.2) is 0 Å². The van der Waals surface area contributed by atoms with Crippen molar-refractivity contribution in [3.63, 3.8) is 0 Å². The van der Waals surface area contributed by atoms with Crippen molar-refractivity contribution in [2.24, 2.45) is 0 Å². The quantitative estimate of drug-likeness (QED) is 0.501. The zero-order valence-corrected chi connectivity index (χ0v) is 17.8. The zero-order valence-electron chi connectivity index (χ0n) is 15.4. The summed E-state index contributed by atoms with van der Waals surface area (Å²) in [6.45, 7) is 2.89. The first-order valence-electron chi connectivity index (χ1n) is 9.34.